The minimum atomic E-state index is -4.85. The van der Waals surface area contributed by atoms with Gasteiger partial charge in [-0.2, -0.15) is 0 Å². The van der Waals surface area contributed by atoms with Gasteiger partial charge in [-0.15, -0.1) is 0 Å². The Morgan fingerprint density at radius 3 is 2.20 bits per heavy atom. The summed E-state index contributed by atoms with van der Waals surface area (Å²) < 4.78 is 36.1. The molecule has 0 bridgehead atoms. The predicted octanol–water partition coefficient (Wildman–Crippen LogP) is -2.16. The van der Waals surface area contributed by atoms with Gasteiger partial charge in [-0.1, -0.05) is 6.92 Å². The van der Waals surface area contributed by atoms with E-state index in [1.807, 2.05) is 0 Å². The number of hydrogen-bond donors (Lipinski definition) is 1. The Hall–Kier alpha value is 0.921. The molecular weight excluding hydrogens is 235 g/mol. The molecule has 1 N–H and O–H groups in total. The molecular formula is C7H15BF3KN2O. The molecule has 0 aliphatic rings. The van der Waals surface area contributed by atoms with Gasteiger partial charge in [0.2, 0.25) is 5.91 Å². The first-order chi connectivity index (χ1) is 6.39. The standard InChI is InChI=1S/C7H15BF3N2O.K/c1-3-12-7(14)5-13(4-2)6-8(9,10)11;/h3-6H2,1-2H3,(H,12,14);/q-1;+1. The van der Waals surface area contributed by atoms with E-state index in [4.69, 9.17) is 0 Å². The van der Waals surface area contributed by atoms with E-state index in [1.54, 1.807) is 13.8 Å². The molecule has 0 aromatic rings. The molecule has 8 heteroatoms. The average Bonchev–Trinajstić information content (AvgIpc) is 2.01. The van der Waals surface area contributed by atoms with Gasteiger partial charge in [-0.05, 0) is 19.9 Å². The van der Waals surface area contributed by atoms with Crippen LogP contribution >= 0.6 is 0 Å². The summed E-state index contributed by atoms with van der Waals surface area (Å²) in [5, 5.41) is 2.46. The molecule has 0 saturated heterocycles. The number of nitrogens with zero attached hydrogens (tertiary/aromatic N) is 1. The molecule has 0 aliphatic carbocycles. The van der Waals surface area contributed by atoms with Crippen LogP contribution in [0, 0.1) is 0 Å². The number of carbonyl (C=O) groups excluding carboxylic acids is 1. The molecule has 0 aromatic carbocycles. The average molecular weight is 250 g/mol. The molecule has 0 heterocycles. The number of hydrogen-bond acceptors (Lipinski definition) is 2. The molecule has 1 amide bonds. The van der Waals surface area contributed by atoms with Gasteiger partial charge in [0, 0.05) is 6.54 Å². The van der Waals surface area contributed by atoms with Gasteiger partial charge in [-0.3, -0.25) is 4.79 Å². The fourth-order valence-electron chi connectivity index (χ4n) is 1.05. The minimum Gasteiger partial charge on any atom is -0.448 e. The second-order valence-corrected chi connectivity index (χ2v) is 2.99. The first-order valence-electron chi connectivity index (χ1n) is 4.59. The predicted molar refractivity (Wildman–Crippen MR) is 49.9 cm³/mol. The first kappa shape index (κ1) is 18.3. The van der Waals surface area contributed by atoms with Crippen LogP contribution in [-0.4, -0.2) is 43.9 Å². The van der Waals surface area contributed by atoms with E-state index in [1.165, 1.54) is 0 Å². The zero-order chi connectivity index (χ0) is 11.2. The van der Waals surface area contributed by atoms with Crippen molar-refractivity contribution >= 4 is 12.9 Å². The third-order valence-electron chi connectivity index (χ3n) is 1.65. The van der Waals surface area contributed by atoms with Crippen LogP contribution in [0.15, 0.2) is 0 Å². The van der Waals surface area contributed by atoms with Crippen LogP contribution in [0.2, 0.25) is 0 Å². The summed E-state index contributed by atoms with van der Waals surface area (Å²) in [7, 11) is 0. The SMILES string of the molecule is CCNC(=O)CN(CC)C[B-](F)(F)F.[K+]. The van der Waals surface area contributed by atoms with Gasteiger partial charge in [-0.25, -0.2) is 0 Å². The summed E-state index contributed by atoms with van der Waals surface area (Å²) in [4.78, 5) is 12.1. The monoisotopic (exact) mass is 250 g/mol. The van der Waals surface area contributed by atoms with Crippen molar-refractivity contribution < 1.29 is 69.1 Å². The van der Waals surface area contributed by atoms with Crippen LogP contribution in [0.3, 0.4) is 0 Å². The van der Waals surface area contributed by atoms with E-state index < -0.39 is 13.4 Å². The second-order valence-electron chi connectivity index (χ2n) is 2.99. The Kier molecular flexibility index (Phi) is 11.0. The van der Waals surface area contributed by atoms with Gasteiger partial charge < -0.3 is 23.2 Å². The molecule has 0 rings (SSSR count). The molecule has 0 saturated carbocycles. The fourth-order valence-corrected chi connectivity index (χ4v) is 1.05. The summed E-state index contributed by atoms with van der Waals surface area (Å²) in [6, 6.07) is 0. The van der Waals surface area contributed by atoms with E-state index in [9.17, 15) is 17.7 Å². The smallest absolute Gasteiger partial charge is 0.448 e. The molecule has 0 radical (unpaired) electrons. The van der Waals surface area contributed by atoms with Gasteiger partial charge in [0.05, 0.1) is 6.54 Å². The zero-order valence-electron chi connectivity index (χ0n) is 9.40. The van der Waals surface area contributed by atoms with Crippen molar-refractivity contribution in [2.24, 2.45) is 0 Å². The minimum absolute atomic E-state index is 0. The van der Waals surface area contributed by atoms with E-state index in [-0.39, 0.29) is 70.4 Å². The van der Waals surface area contributed by atoms with E-state index in [0.29, 0.717) is 6.54 Å². The van der Waals surface area contributed by atoms with Crippen molar-refractivity contribution in [1.29, 1.82) is 0 Å². The van der Waals surface area contributed by atoms with Crippen LogP contribution in [-0.2, 0) is 4.79 Å². The molecule has 0 unspecified atom stereocenters. The Bertz CT molecular complexity index is 192. The van der Waals surface area contributed by atoms with Crippen LogP contribution < -0.4 is 56.7 Å². The summed E-state index contributed by atoms with van der Waals surface area (Å²) in [6.45, 7) is -1.06. The summed E-state index contributed by atoms with van der Waals surface area (Å²) in [5.41, 5.74) is 0. The van der Waals surface area contributed by atoms with E-state index >= 15 is 0 Å². The topological polar surface area (TPSA) is 32.3 Å². The molecule has 0 atom stereocenters. The van der Waals surface area contributed by atoms with Gasteiger partial charge in [0.1, 0.15) is 0 Å². The van der Waals surface area contributed by atoms with Crippen molar-refractivity contribution in [2.75, 3.05) is 26.1 Å². The zero-order valence-corrected chi connectivity index (χ0v) is 12.5. The summed E-state index contributed by atoms with van der Waals surface area (Å²) in [5.74, 6) is -0.366. The van der Waals surface area contributed by atoms with Crippen LogP contribution in [0.5, 0.6) is 0 Å². The Morgan fingerprint density at radius 1 is 1.33 bits per heavy atom. The quantitative estimate of drug-likeness (QED) is 0.544. The second kappa shape index (κ2) is 9.00. The van der Waals surface area contributed by atoms with E-state index in [0.717, 1.165) is 4.90 Å². The Labute approximate surface area is 131 Å². The number of carbonyl (C=O) groups is 1. The molecule has 84 valence electrons. The van der Waals surface area contributed by atoms with Gasteiger partial charge >= 0.3 is 58.4 Å². The molecule has 0 aliphatic heterocycles. The summed E-state index contributed by atoms with van der Waals surface area (Å²) >= 11 is 0. The number of nitrogens with one attached hydrogen (secondary N) is 1. The van der Waals surface area contributed by atoms with Crippen molar-refractivity contribution in [1.82, 2.24) is 10.2 Å². The Morgan fingerprint density at radius 2 is 1.87 bits per heavy atom. The molecule has 0 fully saturated rings. The van der Waals surface area contributed by atoms with E-state index in [2.05, 4.69) is 5.32 Å². The van der Waals surface area contributed by atoms with Crippen molar-refractivity contribution in [3.63, 3.8) is 0 Å². The summed E-state index contributed by atoms with van der Waals surface area (Å²) in [6.07, 6.45) is -0.979. The van der Waals surface area contributed by atoms with Crippen molar-refractivity contribution in [2.45, 2.75) is 13.8 Å². The number of rotatable bonds is 6. The third kappa shape index (κ3) is 11.2. The maximum Gasteiger partial charge on any atom is 1.00 e. The largest absolute Gasteiger partial charge is 1.00 e. The first-order valence-corrected chi connectivity index (χ1v) is 4.59. The molecule has 0 aromatic heterocycles. The molecule has 3 nitrogen and oxygen atoms in total. The normalized spacial score (nSPS) is 11.1. The van der Waals surface area contributed by atoms with Crippen LogP contribution in [0.4, 0.5) is 12.9 Å². The Balaban J connectivity index is 0. The molecule has 15 heavy (non-hydrogen) atoms. The van der Waals surface area contributed by atoms with Crippen LogP contribution in [0.25, 0.3) is 0 Å². The fraction of sp³-hybridized carbons (Fsp3) is 0.857. The molecule has 0 spiro atoms. The number of likely N-dealkylation sites (N-methyl/N-ethyl adjacent to an activating group) is 2. The van der Waals surface area contributed by atoms with Crippen LogP contribution in [0.1, 0.15) is 13.8 Å². The van der Waals surface area contributed by atoms with Gasteiger partial charge in [0.25, 0.3) is 0 Å². The van der Waals surface area contributed by atoms with Crippen molar-refractivity contribution in [3.8, 4) is 0 Å². The third-order valence-corrected chi connectivity index (χ3v) is 1.65. The van der Waals surface area contributed by atoms with Crippen molar-refractivity contribution in [3.05, 3.63) is 0 Å². The number of halogens is 3. The van der Waals surface area contributed by atoms with Gasteiger partial charge in [0.15, 0.2) is 0 Å². The maximum absolute atomic E-state index is 12.0. The maximum atomic E-state index is 12.0. The number of amides is 1.